The molecule has 2 rings (SSSR count). The third kappa shape index (κ3) is 1.15. The first kappa shape index (κ1) is 9.21. The van der Waals surface area contributed by atoms with Crippen LogP contribution in [-0.2, 0) is 9.84 Å². The largest absolute Gasteiger partial charge is 0.219 e. The van der Waals surface area contributed by atoms with Gasteiger partial charge < -0.3 is 0 Å². The van der Waals surface area contributed by atoms with Crippen molar-refractivity contribution >= 4 is 36.0 Å². The molecular formula is C9H7IO2S. The van der Waals surface area contributed by atoms with Crippen LogP contribution in [0.3, 0.4) is 0 Å². The van der Waals surface area contributed by atoms with E-state index in [-0.39, 0.29) is 0 Å². The summed E-state index contributed by atoms with van der Waals surface area (Å²) in [5.74, 6) is 0. The molecule has 0 bridgehead atoms. The minimum atomic E-state index is -3.16. The molecule has 0 N–H and O–H groups in total. The Morgan fingerprint density at radius 1 is 1.23 bits per heavy atom. The topological polar surface area (TPSA) is 34.1 Å². The Labute approximate surface area is 90.7 Å². The number of halogens is 1. The monoisotopic (exact) mass is 306 g/mol. The van der Waals surface area contributed by atoms with E-state index in [1.807, 2.05) is 12.1 Å². The zero-order chi connectivity index (χ0) is 9.64. The fourth-order valence-corrected chi connectivity index (χ4v) is 4.27. The molecule has 0 atom stereocenters. The lowest BCUT2D eigenvalue weighted by molar-refractivity contribution is 0.603. The van der Waals surface area contributed by atoms with Gasteiger partial charge in [0, 0.05) is 9.14 Å². The summed E-state index contributed by atoms with van der Waals surface area (Å²) >= 11 is 2.08. The summed E-state index contributed by atoms with van der Waals surface area (Å²) in [5.41, 5.74) is 0.834. The highest BCUT2D eigenvalue weighted by Gasteiger charge is 2.30. The predicted octanol–water partition coefficient (Wildman–Crippen LogP) is 2.60. The zero-order valence-corrected chi connectivity index (χ0v) is 9.89. The van der Waals surface area contributed by atoms with E-state index in [0.717, 1.165) is 9.14 Å². The summed E-state index contributed by atoms with van der Waals surface area (Å²) in [6.45, 7) is 1.65. The molecule has 0 spiro atoms. The second-order valence-corrected chi connectivity index (χ2v) is 6.01. The van der Waals surface area contributed by atoms with Crippen LogP contribution in [0.25, 0.3) is 3.58 Å². The van der Waals surface area contributed by atoms with Crippen LogP contribution >= 0.6 is 22.6 Å². The fraction of sp³-hybridized carbons (Fsp3) is 0.111. The molecule has 4 heteroatoms. The fourth-order valence-electron chi connectivity index (χ4n) is 1.35. The summed E-state index contributed by atoms with van der Waals surface area (Å²) in [7, 11) is -3.16. The van der Waals surface area contributed by atoms with E-state index in [0.29, 0.717) is 9.80 Å². The Bertz CT molecular complexity index is 500. The predicted molar refractivity (Wildman–Crippen MR) is 60.2 cm³/mol. The SMILES string of the molecule is CC1=C(I)c2ccccc2S1(=O)=O. The van der Waals surface area contributed by atoms with Gasteiger partial charge in [0.05, 0.1) is 9.80 Å². The molecule has 2 nitrogen and oxygen atoms in total. The van der Waals surface area contributed by atoms with Gasteiger partial charge in [-0.3, -0.25) is 0 Å². The molecule has 0 aliphatic carbocycles. The Morgan fingerprint density at radius 3 is 2.46 bits per heavy atom. The molecule has 0 unspecified atom stereocenters. The molecule has 68 valence electrons. The third-order valence-electron chi connectivity index (χ3n) is 2.13. The summed E-state index contributed by atoms with van der Waals surface area (Å²) in [6.07, 6.45) is 0. The maximum atomic E-state index is 11.7. The van der Waals surface area contributed by atoms with Crippen LogP contribution in [0, 0.1) is 0 Å². The molecule has 1 aromatic carbocycles. The first-order valence-corrected chi connectivity index (χ1v) is 6.32. The van der Waals surface area contributed by atoms with Gasteiger partial charge in [0.2, 0.25) is 9.84 Å². The Hall–Kier alpha value is -0.360. The lowest BCUT2D eigenvalue weighted by Gasteiger charge is -1.96. The normalized spacial score (nSPS) is 18.9. The average molecular weight is 306 g/mol. The van der Waals surface area contributed by atoms with E-state index in [9.17, 15) is 8.42 Å². The van der Waals surface area contributed by atoms with Crippen LogP contribution in [0.2, 0.25) is 0 Å². The standard InChI is InChI=1S/C9H7IO2S/c1-6-9(10)7-4-2-3-5-8(7)13(6,11)12/h2-5H,1H3. The number of hydrogen-bond acceptors (Lipinski definition) is 2. The molecule has 0 fully saturated rings. The van der Waals surface area contributed by atoms with Gasteiger partial charge in [0.1, 0.15) is 0 Å². The van der Waals surface area contributed by atoms with Gasteiger partial charge in [-0.05, 0) is 35.6 Å². The maximum Gasteiger partial charge on any atom is 0.204 e. The number of sulfone groups is 1. The van der Waals surface area contributed by atoms with Crippen molar-refractivity contribution in [3.63, 3.8) is 0 Å². The molecule has 1 aliphatic heterocycles. The van der Waals surface area contributed by atoms with E-state index < -0.39 is 9.84 Å². The second-order valence-electron chi connectivity index (χ2n) is 2.87. The lowest BCUT2D eigenvalue weighted by Crippen LogP contribution is -1.96. The van der Waals surface area contributed by atoms with E-state index >= 15 is 0 Å². The first-order valence-electron chi connectivity index (χ1n) is 3.76. The average Bonchev–Trinajstić information content (AvgIpc) is 2.30. The molecule has 0 amide bonds. The molecule has 13 heavy (non-hydrogen) atoms. The number of hydrogen-bond donors (Lipinski definition) is 0. The van der Waals surface area contributed by atoms with Crippen molar-refractivity contribution in [2.45, 2.75) is 11.8 Å². The number of fused-ring (bicyclic) bond motifs is 1. The minimum absolute atomic E-state index is 0.442. The molecule has 1 aliphatic rings. The minimum Gasteiger partial charge on any atom is -0.219 e. The number of rotatable bonds is 0. The van der Waals surface area contributed by atoms with Gasteiger partial charge in [-0.1, -0.05) is 18.2 Å². The highest BCUT2D eigenvalue weighted by atomic mass is 127. The lowest BCUT2D eigenvalue weighted by atomic mass is 10.2. The van der Waals surface area contributed by atoms with E-state index in [2.05, 4.69) is 22.6 Å². The summed E-state index contributed by atoms with van der Waals surface area (Å²) in [5, 5.41) is 0. The summed E-state index contributed by atoms with van der Waals surface area (Å²) in [6, 6.07) is 7.09. The maximum absolute atomic E-state index is 11.7. The van der Waals surface area contributed by atoms with Gasteiger partial charge >= 0.3 is 0 Å². The van der Waals surface area contributed by atoms with Gasteiger partial charge in [-0.15, -0.1) is 0 Å². The van der Waals surface area contributed by atoms with Crippen molar-refractivity contribution in [1.29, 1.82) is 0 Å². The van der Waals surface area contributed by atoms with Gasteiger partial charge in [-0.25, -0.2) is 8.42 Å². The van der Waals surface area contributed by atoms with Crippen molar-refractivity contribution in [3.05, 3.63) is 34.7 Å². The highest BCUT2D eigenvalue weighted by Crippen LogP contribution is 2.41. The quantitative estimate of drug-likeness (QED) is 0.691. The van der Waals surface area contributed by atoms with Crippen LogP contribution in [0.15, 0.2) is 34.1 Å². The van der Waals surface area contributed by atoms with Crippen molar-refractivity contribution in [2.75, 3.05) is 0 Å². The van der Waals surface area contributed by atoms with Crippen molar-refractivity contribution in [1.82, 2.24) is 0 Å². The van der Waals surface area contributed by atoms with Gasteiger partial charge in [0.15, 0.2) is 0 Å². The molecule has 1 aromatic rings. The van der Waals surface area contributed by atoms with Crippen molar-refractivity contribution < 1.29 is 8.42 Å². The van der Waals surface area contributed by atoms with Crippen molar-refractivity contribution in [2.24, 2.45) is 0 Å². The van der Waals surface area contributed by atoms with Crippen molar-refractivity contribution in [3.8, 4) is 0 Å². The smallest absolute Gasteiger partial charge is 0.204 e. The molecule has 0 saturated heterocycles. The molecular weight excluding hydrogens is 299 g/mol. The first-order chi connectivity index (χ1) is 6.05. The van der Waals surface area contributed by atoms with Crippen LogP contribution in [0.4, 0.5) is 0 Å². The Morgan fingerprint density at radius 2 is 1.85 bits per heavy atom. The molecule has 1 heterocycles. The Balaban J connectivity index is 2.90. The number of benzene rings is 1. The number of allylic oxidation sites excluding steroid dienone is 1. The van der Waals surface area contributed by atoms with Crippen LogP contribution in [0.5, 0.6) is 0 Å². The van der Waals surface area contributed by atoms with E-state index in [1.54, 1.807) is 19.1 Å². The Kier molecular flexibility index (Phi) is 1.99. The summed E-state index contributed by atoms with van der Waals surface area (Å²) < 4.78 is 24.3. The van der Waals surface area contributed by atoms with Crippen LogP contribution in [-0.4, -0.2) is 8.42 Å². The molecule has 0 radical (unpaired) electrons. The van der Waals surface area contributed by atoms with Gasteiger partial charge in [0.25, 0.3) is 0 Å². The van der Waals surface area contributed by atoms with Gasteiger partial charge in [-0.2, -0.15) is 0 Å². The summed E-state index contributed by atoms with van der Waals surface area (Å²) in [4.78, 5) is 0.909. The van der Waals surface area contributed by atoms with Crippen LogP contribution in [0.1, 0.15) is 12.5 Å². The molecule has 0 saturated carbocycles. The molecule has 0 aromatic heterocycles. The third-order valence-corrected chi connectivity index (χ3v) is 5.83. The zero-order valence-electron chi connectivity index (χ0n) is 6.91. The van der Waals surface area contributed by atoms with E-state index in [1.165, 1.54) is 0 Å². The highest BCUT2D eigenvalue weighted by molar-refractivity contribution is 14.1. The van der Waals surface area contributed by atoms with E-state index in [4.69, 9.17) is 0 Å². The second kappa shape index (κ2) is 2.81. The van der Waals surface area contributed by atoms with Crippen LogP contribution < -0.4 is 0 Å².